The number of halogens is 3. The summed E-state index contributed by atoms with van der Waals surface area (Å²) in [5.74, 6) is -0.715. The molecule has 2 heterocycles. The largest absolute Gasteiger partial charge is 0.494 e. The molecule has 3 aromatic rings. The SMILES string of the molecule is CCOc1ccc(NC(=O)c2cnn(-c3ccc(=O)[nH]n3)c2C(F)(F)F)cc1. The summed E-state index contributed by atoms with van der Waals surface area (Å²) in [5.41, 5.74) is -2.29. The number of rotatable bonds is 5. The lowest BCUT2D eigenvalue weighted by Crippen LogP contribution is -2.21. The molecule has 0 unspecified atom stereocenters. The van der Waals surface area contributed by atoms with Crippen molar-refractivity contribution in [3.05, 3.63) is 64.2 Å². The maximum absolute atomic E-state index is 13.6. The molecule has 8 nitrogen and oxygen atoms in total. The molecule has 0 saturated heterocycles. The number of nitrogens with one attached hydrogen (secondary N) is 2. The fraction of sp³-hybridized carbons (Fsp3) is 0.176. The minimum Gasteiger partial charge on any atom is -0.494 e. The zero-order chi connectivity index (χ0) is 20.3. The maximum atomic E-state index is 13.6. The van der Waals surface area contributed by atoms with Gasteiger partial charge in [0.25, 0.3) is 11.5 Å². The minimum atomic E-state index is -4.89. The Bertz CT molecular complexity index is 1020. The Morgan fingerprint density at radius 1 is 1.21 bits per heavy atom. The fourth-order valence-electron chi connectivity index (χ4n) is 2.42. The number of H-pyrrole nitrogens is 1. The normalized spacial score (nSPS) is 11.3. The second-order valence-electron chi connectivity index (χ2n) is 5.51. The Kier molecular flexibility index (Phi) is 5.16. The summed E-state index contributed by atoms with van der Waals surface area (Å²) in [5, 5.41) is 11.6. The molecule has 0 aliphatic carbocycles. The van der Waals surface area contributed by atoms with Crippen LogP contribution in [-0.2, 0) is 6.18 Å². The quantitative estimate of drug-likeness (QED) is 0.694. The zero-order valence-corrected chi connectivity index (χ0v) is 14.4. The molecular formula is C17H14F3N5O3. The third-order valence-corrected chi connectivity index (χ3v) is 3.59. The first-order valence-corrected chi connectivity index (χ1v) is 8.05. The van der Waals surface area contributed by atoms with Gasteiger partial charge in [0.15, 0.2) is 11.5 Å². The van der Waals surface area contributed by atoms with E-state index < -0.39 is 28.9 Å². The minimum absolute atomic E-state index is 0.285. The van der Waals surface area contributed by atoms with E-state index in [0.717, 1.165) is 18.3 Å². The molecule has 1 amide bonds. The van der Waals surface area contributed by atoms with E-state index in [1.165, 1.54) is 12.1 Å². The van der Waals surface area contributed by atoms with Crippen LogP contribution >= 0.6 is 0 Å². The maximum Gasteiger partial charge on any atom is 0.434 e. The average Bonchev–Trinajstić information content (AvgIpc) is 3.10. The van der Waals surface area contributed by atoms with Crippen LogP contribution in [0.5, 0.6) is 5.75 Å². The van der Waals surface area contributed by atoms with E-state index in [1.54, 1.807) is 12.1 Å². The van der Waals surface area contributed by atoms with Crippen molar-refractivity contribution in [2.75, 3.05) is 11.9 Å². The predicted octanol–water partition coefficient (Wildman–Crippen LogP) is 2.63. The lowest BCUT2D eigenvalue weighted by molar-refractivity contribution is -0.143. The molecule has 0 atom stereocenters. The number of hydrogen-bond acceptors (Lipinski definition) is 5. The Labute approximate surface area is 156 Å². The van der Waals surface area contributed by atoms with Crippen LogP contribution in [0.2, 0.25) is 0 Å². The molecule has 0 fully saturated rings. The van der Waals surface area contributed by atoms with Gasteiger partial charge in [-0.3, -0.25) is 9.59 Å². The molecule has 146 valence electrons. The van der Waals surface area contributed by atoms with Crippen LogP contribution in [0.1, 0.15) is 23.0 Å². The third kappa shape index (κ3) is 4.03. The third-order valence-electron chi connectivity index (χ3n) is 3.59. The van der Waals surface area contributed by atoms with E-state index in [0.29, 0.717) is 17.0 Å². The van der Waals surface area contributed by atoms with Crippen molar-refractivity contribution in [1.29, 1.82) is 0 Å². The Balaban J connectivity index is 1.93. The molecule has 1 aromatic carbocycles. The molecular weight excluding hydrogens is 379 g/mol. The number of hydrogen-bond donors (Lipinski definition) is 2. The van der Waals surface area contributed by atoms with Crippen LogP contribution in [0.3, 0.4) is 0 Å². The molecule has 0 spiro atoms. The number of carbonyl (C=O) groups excluding carboxylic acids is 1. The van der Waals surface area contributed by atoms with E-state index in [-0.39, 0.29) is 11.5 Å². The molecule has 2 N–H and O–H groups in total. The molecule has 2 aromatic heterocycles. The van der Waals surface area contributed by atoms with E-state index >= 15 is 0 Å². The fourth-order valence-corrected chi connectivity index (χ4v) is 2.42. The van der Waals surface area contributed by atoms with Crippen LogP contribution in [0.15, 0.2) is 47.4 Å². The van der Waals surface area contributed by atoms with Crippen molar-refractivity contribution in [2.24, 2.45) is 0 Å². The number of alkyl halides is 3. The van der Waals surface area contributed by atoms with Gasteiger partial charge in [0.2, 0.25) is 0 Å². The average molecular weight is 393 g/mol. The number of aromatic amines is 1. The summed E-state index contributed by atoms with van der Waals surface area (Å²) in [6.07, 6.45) is -4.10. The second kappa shape index (κ2) is 7.55. The van der Waals surface area contributed by atoms with Gasteiger partial charge in [0, 0.05) is 11.8 Å². The second-order valence-corrected chi connectivity index (χ2v) is 5.51. The number of anilines is 1. The summed E-state index contributed by atoms with van der Waals surface area (Å²) < 4.78 is 46.5. The first kappa shape index (κ1) is 19.1. The first-order valence-electron chi connectivity index (χ1n) is 8.05. The Morgan fingerprint density at radius 3 is 2.50 bits per heavy atom. The van der Waals surface area contributed by atoms with Crippen LogP contribution < -0.4 is 15.6 Å². The summed E-state index contributed by atoms with van der Waals surface area (Å²) >= 11 is 0. The number of aromatic nitrogens is 4. The van der Waals surface area contributed by atoms with Gasteiger partial charge < -0.3 is 10.1 Å². The van der Waals surface area contributed by atoms with Gasteiger partial charge in [-0.1, -0.05) is 0 Å². The van der Waals surface area contributed by atoms with Crippen molar-refractivity contribution >= 4 is 11.6 Å². The van der Waals surface area contributed by atoms with Crippen LogP contribution in [0, 0.1) is 0 Å². The predicted molar refractivity (Wildman–Crippen MR) is 92.5 cm³/mol. The molecule has 0 bridgehead atoms. The van der Waals surface area contributed by atoms with E-state index in [1.807, 2.05) is 12.0 Å². The molecule has 0 aliphatic rings. The van der Waals surface area contributed by atoms with Crippen LogP contribution in [-0.4, -0.2) is 32.5 Å². The highest BCUT2D eigenvalue weighted by Crippen LogP contribution is 2.33. The number of ether oxygens (including phenoxy) is 1. The van der Waals surface area contributed by atoms with Gasteiger partial charge >= 0.3 is 6.18 Å². The van der Waals surface area contributed by atoms with Crippen molar-refractivity contribution in [1.82, 2.24) is 20.0 Å². The van der Waals surface area contributed by atoms with Crippen molar-refractivity contribution < 1.29 is 22.7 Å². The Morgan fingerprint density at radius 2 is 1.93 bits per heavy atom. The lowest BCUT2D eigenvalue weighted by Gasteiger charge is -2.12. The lowest BCUT2D eigenvalue weighted by atomic mass is 10.2. The van der Waals surface area contributed by atoms with E-state index in [4.69, 9.17) is 4.74 Å². The van der Waals surface area contributed by atoms with Crippen molar-refractivity contribution in [2.45, 2.75) is 13.1 Å². The van der Waals surface area contributed by atoms with Gasteiger partial charge in [-0.05, 0) is 37.3 Å². The van der Waals surface area contributed by atoms with E-state index in [2.05, 4.69) is 15.5 Å². The highest BCUT2D eigenvalue weighted by Gasteiger charge is 2.41. The highest BCUT2D eigenvalue weighted by atomic mass is 19.4. The molecule has 0 aliphatic heterocycles. The number of nitrogens with zero attached hydrogens (tertiary/aromatic N) is 3. The molecule has 3 rings (SSSR count). The smallest absolute Gasteiger partial charge is 0.434 e. The van der Waals surface area contributed by atoms with Crippen LogP contribution in [0.4, 0.5) is 18.9 Å². The summed E-state index contributed by atoms with van der Waals surface area (Å²) in [4.78, 5) is 23.5. The molecule has 0 radical (unpaired) electrons. The van der Waals surface area contributed by atoms with Crippen LogP contribution in [0.25, 0.3) is 5.82 Å². The highest BCUT2D eigenvalue weighted by molar-refractivity contribution is 6.05. The van der Waals surface area contributed by atoms with Gasteiger partial charge in [-0.25, -0.2) is 9.78 Å². The van der Waals surface area contributed by atoms with Crippen molar-refractivity contribution in [3.63, 3.8) is 0 Å². The van der Waals surface area contributed by atoms with Gasteiger partial charge in [0.1, 0.15) is 5.75 Å². The first-order chi connectivity index (χ1) is 13.3. The molecule has 11 heteroatoms. The Hall–Kier alpha value is -3.63. The summed E-state index contributed by atoms with van der Waals surface area (Å²) in [6.45, 7) is 2.27. The number of carbonyl (C=O) groups is 1. The van der Waals surface area contributed by atoms with Gasteiger partial charge in [-0.2, -0.15) is 23.4 Å². The monoisotopic (exact) mass is 393 g/mol. The summed E-state index contributed by atoms with van der Waals surface area (Å²) in [7, 11) is 0. The van der Waals surface area contributed by atoms with E-state index in [9.17, 15) is 22.8 Å². The number of benzene rings is 1. The summed E-state index contributed by atoms with van der Waals surface area (Å²) in [6, 6.07) is 8.24. The zero-order valence-electron chi connectivity index (χ0n) is 14.4. The van der Waals surface area contributed by atoms with Gasteiger partial charge in [-0.15, -0.1) is 0 Å². The van der Waals surface area contributed by atoms with Gasteiger partial charge in [0.05, 0.1) is 18.4 Å². The molecule has 28 heavy (non-hydrogen) atoms. The topological polar surface area (TPSA) is 102 Å². The standard InChI is InChI=1S/C17H14F3N5O3/c1-2-28-11-5-3-10(4-6-11)22-16(27)12-9-21-25(15(12)17(18,19)20)13-7-8-14(26)24-23-13/h3-9H,2H2,1H3,(H,22,27)(H,24,26). The molecule has 0 saturated carbocycles. The number of amides is 1. The van der Waals surface area contributed by atoms with Crippen molar-refractivity contribution in [3.8, 4) is 11.6 Å².